The molecule has 0 bridgehead atoms. The first-order valence-corrected chi connectivity index (χ1v) is 8.06. The van der Waals surface area contributed by atoms with E-state index in [2.05, 4.69) is 20.7 Å². The summed E-state index contributed by atoms with van der Waals surface area (Å²) >= 11 is 0. The van der Waals surface area contributed by atoms with Crippen molar-refractivity contribution in [3.05, 3.63) is 35.3 Å². The van der Waals surface area contributed by atoms with Crippen LogP contribution in [0.1, 0.15) is 30.8 Å². The Morgan fingerprint density at radius 3 is 2.79 bits per heavy atom. The molecule has 2 N–H and O–H groups in total. The van der Waals surface area contributed by atoms with Gasteiger partial charge in [0, 0.05) is 25.0 Å². The van der Waals surface area contributed by atoms with E-state index in [1.165, 1.54) is 5.56 Å². The predicted molar refractivity (Wildman–Crippen MR) is 93.4 cm³/mol. The molecule has 0 aliphatic rings. The number of hydrogen-bond donors (Lipinski definition) is 2. The van der Waals surface area contributed by atoms with Crippen LogP contribution in [0.15, 0.2) is 18.3 Å². The van der Waals surface area contributed by atoms with E-state index in [1.807, 2.05) is 39.4 Å². The van der Waals surface area contributed by atoms with E-state index in [9.17, 15) is 4.79 Å². The number of urea groups is 1. The maximum absolute atomic E-state index is 12.2. The summed E-state index contributed by atoms with van der Waals surface area (Å²) < 4.78 is 7.27. The number of pyridine rings is 1. The van der Waals surface area contributed by atoms with Crippen molar-refractivity contribution in [2.45, 2.75) is 40.2 Å². The van der Waals surface area contributed by atoms with E-state index in [4.69, 9.17) is 4.74 Å². The number of nitrogens with one attached hydrogen (secondary N) is 2. The van der Waals surface area contributed by atoms with Gasteiger partial charge in [0.25, 0.3) is 0 Å². The van der Waals surface area contributed by atoms with Gasteiger partial charge < -0.3 is 15.4 Å². The quantitative estimate of drug-likeness (QED) is 0.852. The average molecular weight is 331 g/mol. The van der Waals surface area contributed by atoms with Crippen LogP contribution in [-0.4, -0.2) is 33.4 Å². The first-order chi connectivity index (χ1) is 11.4. The molecular weight excluding hydrogens is 306 g/mol. The van der Waals surface area contributed by atoms with E-state index in [0.717, 1.165) is 17.8 Å². The predicted octanol–water partition coefficient (Wildman–Crippen LogP) is 2.58. The number of carbonyl (C=O) groups excluding carboxylic acids is 1. The third-order valence-corrected chi connectivity index (χ3v) is 3.85. The van der Waals surface area contributed by atoms with Crippen molar-refractivity contribution in [1.29, 1.82) is 0 Å². The van der Waals surface area contributed by atoms with Crippen LogP contribution in [0.2, 0.25) is 0 Å². The number of aryl methyl sites for hydroxylation is 2. The number of amides is 2. The van der Waals surface area contributed by atoms with Crippen molar-refractivity contribution < 1.29 is 9.53 Å². The largest absolute Gasteiger partial charge is 0.476 e. The zero-order chi connectivity index (χ0) is 17.7. The number of carbonyl (C=O) groups is 1. The molecule has 1 atom stereocenters. The fourth-order valence-electron chi connectivity index (χ4n) is 2.59. The standard InChI is InChI=1S/C17H25N5O2/c1-6-24-16-15(8-7-9-18-16)20-17(23)19-11(2)10-14-12(3)21-22(5)13(14)4/h7-9,11H,6,10H2,1-5H3,(H2,19,20,23). The van der Waals surface area contributed by atoms with Gasteiger partial charge in [0.05, 0.1) is 12.3 Å². The molecule has 1 unspecified atom stereocenters. The summed E-state index contributed by atoms with van der Waals surface area (Å²) in [5.41, 5.74) is 3.84. The van der Waals surface area contributed by atoms with Crippen LogP contribution < -0.4 is 15.4 Å². The van der Waals surface area contributed by atoms with Crippen LogP contribution in [0.3, 0.4) is 0 Å². The monoisotopic (exact) mass is 331 g/mol. The Balaban J connectivity index is 1.97. The second-order valence-electron chi connectivity index (χ2n) is 5.77. The van der Waals surface area contributed by atoms with Gasteiger partial charge in [-0.3, -0.25) is 4.68 Å². The molecule has 0 fully saturated rings. The molecule has 0 spiro atoms. The van der Waals surface area contributed by atoms with Gasteiger partial charge in [-0.2, -0.15) is 5.10 Å². The number of anilines is 1. The molecule has 2 amide bonds. The van der Waals surface area contributed by atoms with Crippen molar-refractivity contribution in [2.24, 2.45) is 7.05 Å². The Hall–Kier alpha value is -2.57. The number of ether oxygens (including phenoxy) is 1. The number of hydrogen-bond acceptors (Lipinski definition) is 4. The highest BCUT2D eigenvalue weighted by molar-refractivity contribution is 5.90. The molecule has 7 heteroatoms. The average Bonchev–Trinajstić information content (AvgIpc) is 2.76. The number of nitrogens with zero attached hydrogens (tertiary/aromatic N) is 3. The fourth-order valence-corrected chi connectivity index (χ4v) is 2.59. The Morgan fingerprint density at radius 2 is 2.17 bits per heavy atom. The van der Waals surface area contributed by atoms with Gasteiger partial charge in [-0.25, -0.2) is 9.78 Å². The second-order valence-corrected chi connectivity index (χ2v) is 5.77. The molecule has 130 valence electrons. The van der Waals surface area contributed by atoms with Crippen molar-refractivity contribution >= 4 is 11.7 Å². The minimum Gasteiger partial charge on any atom is -0.476 e. The summed E-state index contributed by atoms with van der Waals surface area (Å²) in [4.78, 5) is 16.3. The van der Waals surface area contributed by atoms with E-state index < -0.39 is 0 Å². The lowest BCUT2D eigenvalue weighted by atomic mass is 10.1. The molecule has 2 rings (SSSR count). The molecule has 0 saturated heterocycles. The maximum Gasteiger partial charge on any atom is 0.319 e. The van der Waals surface area contributed by atoms with Crippen LogP contribution in [0.25, 0.3) is 0 Å². The van der Waals surface area contributed by atoms with Crippen molar-refractivity contribution in [1.82, 2.24) is 20.1 Å². The minimum absolute atomic E-state index is 0.0289. The lowest BCUT2D eigenvalue weighted by Gasteiger charge is -2.16. The van der Waals surface area contributed by atoms with Crippen LogP contribution in [0, 0.1) is 13.8 Å². The molecule has 0 radical (unpaired) electrons. The number of rotatable bonds is 6. The minimum atomic E-state index is -0.282. The zero-order valence-corrected chi connectivity index (χ0v) is 14.9. The molecule has 0 aliphatic heterocycles. The summed E-state index contributed by atoms with van der Waals surface area (Å²) in [7, 11) is 1.92. The van der Waals surface area contributed by atoms with Gasteiger partial charge in [0.2, 0.25) is 5.88 Å². The zero-order valence-electron chi connectivity index (χ0n) is 14.9. The lowest BCUT2D eigenvalue weighted by Crippen LogP contribution is -2.37. The van der Waals surface area contributed by atoms with Gasteiger partial charge in [-0.1, -0.05) is 0 Å². The normalized spacial score (nSPS) is 11.9. The van der Waals surface area contributed by atoms with Crippen molar-refractivity contribution in [3.8, 4) is 5.88 Å². The van der Waals surface area contributed by atoms with E-state index >= 15 is 0 Å². The second kappa shape index (κ2) is 7.81. The lowest BCUT2D eigenvalue weighted by molar-refractivity contribution is 0.249. The van der Waals surface area contributed by atoms with Crippen LogP contribution in [0.4, 0.5) is 10.5 Å². The molecule has 2 heterocycles. The Labute approximate surface area is 142 Å². The van der Waals surface area contributed by atoms with E-state index in [1.54, 1.807) is 18.3 Å². The van der Waals surface area contributed by atoms with Crippen LogP contribution >= 0.6 is 0 Å². The SMILES string of the molecule is CCOc1ncccc1NC(=O)NC(C)Cc1c(C)nn(C)c1C. The Morgan fingerprint density at radius 1 is 1.42 bits per heavy atom. The Kier molecular flexibility index (Phi) is 5.78. The van der Waals surface area contributed by atoms with Gasteiger partial charge in [-0.15, -0.1) is 0 Å². The van der Waals surface area contributed by atoms with Crippen molar-refractivity contribution in [2.75, 3.05) is 11.9 Å². The molecule has 7 nitrogen and oxygen atoms in total. The van der Waals surface area contributed by atoms with Crippen LogP contribution in [0.5, 0.6) is 5.88 Å². The van der Waals surface area contributed by atoms with E-state index in [0.29, 0.717) is 18.2 Å². The highest BCUT2D eigenvalue weighted by atomic mass is 16.5. The van der Waals surface area contributed by atoms with Crippen LogP contribution in [-0.2, 0) is 13.5 Å². The number of aromatic nitrogens is 3. The highest BCUT2D eigenvalue weighted by Gasteiger charge is 2.15. The summed E-state index contributed by atoms with van der Waals surface area (Å²) in [5, 5.41) is 10.1. The summed E-state index contributed by atoms with van der Waals surface area (Å²) in [6, 6.07) is 3.20. The maximum atomic E-state index is 12.2. The van der Waals surface area contributed by atoms with Gasteiger partial charge in [0.15, 0.2) is 0 Å². The molecule has 0 aromatic carbocycles. The fraction of sp³-hybridized carbons (Fsp3) is 0.471. The molecule has 0 saturated carbocycles. The molecule has 24 heavy (non-hydrogen) atoms. The molecule has 0 aliphatic carbocycles. The summed E-state index contributed by atoms with van der Waals surface area (Å²) in [6.45, 7) is 8.35. The first-order valence-electron chi connectivity index (χ1n) is 8.06. The van der Waals surface area contributed by atoms with Gasteiger partial charge in [0.1, 0.15) is 5.69 Å². The molecular formula is C17H25N5O2. The van der Waals surface area contributed by atoms with Crippen molar-refractivity contribution in [3.63, 3.8) is 0 Å². The third-order valence-electron chi connectivity index (χ3n) is 3.85. The molecule has 2 aromatic heterocycles. The Bertz CT molecular complexity index is 711. The summed E-state index contributed by atoms with van der Waals surface area (Å²) in [6.07, 6.45) is 2.36. The highest BCUT2D eigenvalue weighted by Crippen LogP contribution is 2.20. The van der Waals surface area contributed by atoms with E-state index in [-0.39, 0.29) is 12.1 Å². The summed E-state index contributed by atoms with van der Waals surface area (Å²) in [5.74, 6) is 0.418. The third kappa shape index (κ3) is 4.24. The van der Waals surface area contributed by atoms with Gasteiger partial charge in [-0.05, 0) is 51.8 Å². The van der Waals surface area contributed by atoms with Gasteiger partial charge >= 0.3 is 6.03 Å². The first kappa shape index (κ1) is 17.8. The smallest absolute Gasteiger partial charge is 0.319 e. The molecule has 2 aromatic rings. The topological polar surface area (TPSA) is 81.1 Å².